The number of aliphatic carboxylic acids is 1. The van der Waals surface area contributed by atoms with Crippen LogP contribution in [0.5, 0.6) is 5.75 Å². The summed E-state index contributed by atoms with van der Waals surface area (Å²) in [6.45, 7) is 5.63. The van der Waals surface area contributed by atoms with Crippen molar-refractivity contribution in [2.24, 2.45) is 63.6 Å². The van der Waals surface area contributed by atoms with Crippen LogP contribution in [-0.2, 0) is 72.9 Å². The van der Waals surface area contributed by atoms with Gasteiger partial charge in [0.05, 0.1) is 59.1 Å². The van der Waals surface area contributed by atoms with Crippen LogP contribution in [0.25, 0.3) is 22.3 Å². The maximum Gasteiger partial charge on any atom is 0.314 e. The second-order valence-corrected chi connectivity index (χ2v) is 25.8. The number of esters is 1. The Morgan fingerprint density at radius 3 is 2.23 bits per heavy atom. The number of aliphatic imine (C=N–C) groups is 1. The van der Waals surface area contributed by atoms with E-state index in [1.807, 2.05) is 13.0 Å². The summed E-state index contributed by atoms with van der Waals surface area (Å²) in [5, 5.41) is 37.3. The van der Waals surface area contributed by atoms with Crippen molar-refractivity contribution in [2.45, 2.75) is 166 Å². The molecule has 2 aromatic heterocycles. The number of aromatic nitrogens is 2. The van der Waals surface area contributed by atoms with E-state index in [4.69, 9.17) is 26.9 Å². The lowest BCUT2D eigenvalue weighted by atomic mass is 9.77. The molecule has 5 aliphatic rings. The third-order valence-electron chi connectivity index (χ3n) is 18.7. The minimum Gasteiger partial charge on any atom is -0.481 e. The first kappa shape index (κ1) is 66.6. The number of pyridine rings is 2. The number of aryl methyl sites for hydroxylation is 1. The van der Waals surface area contributed by atoms with Gasteiger partial charge in [0.15, 0.2) is 17.5 Å². The number of imide groups is 1. The molecule has 1 saturated heterocycles. The first-order valence-corrected chi connectivity index (χ1v) is 32.0. The molecule has 3 aromatic rings. The fraction of sp³-hybridized carbons (Fsp3) is 0.603. The number of likely N-dealkylation sites (tertiary alicyclic amines) is 1. The molecule has 6 atom stereocenters. The maximum atomic E-state index is 13.9. The van der Waals surface area contributed by atoms with Crippen LogP contribution >= 0.6 is 11.8 Å². The van der Waals surface area contributed by atoms with Crippen LogP contribution in [0.1, 0.15) is 152 Å². The smallest absolute Gasteiger partial charge is 0.314 e. The van der Waals surface area contributed by atoms with E-state index >= 15 is 0 Å². The number of carbonyl (C=O) groups is 10. The largest absolute Gasteiger partial charge is 0.481 e. The Balaban J connectivity index is 0.763. The molecule has 5 amide bonds. The molecule has 24 nitrogen and oxygen atoms in total. The van der Waals surface area contributed by atoms with E-state index < -0.39 is 88.8 Å². The highest BCUT2D eigenvalue weighted by molar-refractivity contribution is 8.00. The van der Waals surface area contributed by atoms with Gasteiger partial charge in [-0.15, -0.1) is 11.8 Å². The maximum absolute atomic E-state index is 13.9. The van der Waals surface area contributed by atoms with Crippen LogP contribution < -0.4 is 38.1 Å². The number of rotatable bonds is 29. The van der Waals surface area contributed by atoms with Gasteiger partial charge in [0.1, 0.15) is 17.1 Å². The van der Waals surface area contributed by atoms with E-state index in [0.29, 0.717) is 91.8 Å². The molecule has 476 valence electrons. The number of amides is 5. The minimum absolute atomic E-state index is 0.00637. The normalized spacial score (nSPS) is 22.8. The van der Waals surface area contributed by atoms with E-state index in [0.717, 1.165) is 41.1 Å². The molecule has 88 heavy (non-hydrogen) atoms. The topological polar surface area (TPSA) is 393 Å². The van der Waals surface area contributed by atoms with E-state index in [-0.39, 0.29) is 129 Å². The number of carboxylic acids is 1. The molecule has 11 N–H and O–H groups in total. The van der Waals surface area contributed by atoms with Crippen LogP contribution in [0.3, 0.4) is 0 Å². The van der Waals surface area contributed by atoms with Crippen molar-refractivity contribution in [2.75, 3.05) is 32.0 Å². The zero-order valence-corrected chi connectivity index (χ0v) is 51.2. The van der Waals surface area contributed by atoms with E-state index in [1.165, 1.54) is 4.90 Å². The number of nitrogens with one attached hydrogen (secondary N) is 2. The molecular formula is C63H83N9O15S. The van der Waals surface area contributed by atoms with Gasteiger partial charge >= 0.3 is 11.9 Å². The lowest BCUT2D eigenvalue weighted by molar-refractivity contribution is -0.143. The highest BCUT2D eigenvalue weighted by atomic mass is 32.2. The number of benzene rings is 1. The standard InChI is InChI=1S/C63H83N9O15S/c1-4-41-43-25-40(17-19-46(43)69-55-44(41)30-71-48(55)26-45-42(58(71)81)18-20-52(76)63(45,86)5-2)87-61(85)37-15-9-34(10-16-37)28-68-56(79)36-13-11-35(12-14-36)29-72-54(78)27-51(59(72)82)88-32-39(60(83)84)24-50(75)47(7-6-22-67-62(65)66)70-57(80)38(31-73)23-49(74)33(3)8-21-53(64)77/h17,19,25-26,33-39,47,51,73,86H,4-16,18,20-24,27-32H2,1-3H3,(H2,64,77)(H,68,79)(H,70,80)(H,83,84)(H4,65,66,67)/t33?,34?,35?,36?,37?,38?,39?,47?,51?,63-/m0/s1. The molecule has 3 fully saturated rings. The fourth-order valence-corrected chi connectivity index (χ4v) is 14.4. The number of carbonyl (C=O) groups excluding carboxylic acids is 9. The van der Waals surface area contributed by atoms with E-state index in [9.17, 15) is 68.1 Å². The summed E-state index contributed by atoms with van der Waals surface area (Å²) in [6.07, 6.45) is 5.41. The molecule has 3 aliphatic carbocycles. The van der Waals surface area contributed by atoms with Crippen LogP contribution in [-0.4, -0.2) is 138 Å². The quantitative estimate of drug-likeness (QED) is 0.00965. The minimum atomic E-state index is -1.72. The van der Waals surface area contributed by atoms with Gasteiger partial charge in [0.2, 0.25) is 29.5 Å². The number of Topliss-reactive ketones (excluding diaryl/α,β-unsaturated/α-hetero) is 3. The van der Waals surface area contributed by atoms with Gasteiger partial charge in [-0.3, -0.25) is 62.6 Å². The third kappa shape index (κ3) is 15.4. The van der Waals surface area contributed by atoms with Crippen molar-refractivity contribution in [1.29, 1.82) is 0 Å². The van der Waals surface area contributed by atoms with E-state index in [2.05, 4.69) is 15.6 Å². The second-order valence-electron chi connectivity index (χ2n) is 24.5. The van der Waals surface area contributed by atoms with Crippen LogP contribution in [0.4, 0.5) is 0 Å². The molecule has 25 heteroatoms. The van der Waals surface area contributed by atoms with Gasteiger partial charge in [0.25, 0.3) is 5.56 Å². The molecule has 4 heterocycles. The highest BCUT2D eigenvalue weighted by Crippen LogP contribution is 2.42. The number of carboxylic acid groups (broad SMARTS) is 1. The summed E-state index contributed by atoms with van der Waals surface area (Å²) >= 11 is 0.969. The first-order valence-electron chi connectivity index (χ1n) is 30.9. The lowest BCUT2D eigenvalue weighted by Gasteiger charge is -2.32. The average Bonchev–Trinajstić information content (AvgIpc) is 1.89. The highest BCUT2D eigenvalue weighted by Gasteiger charge is 2.45. The molecule has 2 aliphatic heterocycles. The molecule has 1 aromatic carbocycles. The molecule has 5 unspecified atom stereocenters. The molecular weight excluding hydrogens is 1150 g/mol. The van der Waals surface area contributed by atoms with Gasteiger partial charge in [-0.05, 0) is 132 Å². The van der Waals surface area contributed by atoms with Crippen LogP contribution in [0, 0.1) is 41.4 Å². The number of hydrogen-bond acceptors (Lipinski definition) is 17. The number of guanidine groups is 1. The van der Waals surface area contributed by atoms with Crippen molar-refractivity contribution < 1.29 is 68.0 Å². The molecule has 0 bridgehead atoms. The summed E-state index contributed by atoms with van der Waals surface area (Å²) < 4.78 is 7.67. The number of aliphatic hydroxyl groups excluding tert-OH is 1. The summed E-state index contributed by atoms with van der Waals surface area (Å²) in [4.78, 5) is 154. The van der Waals surface area contributed by atoms with Crippen molar-refractivity contribution in [3.05, 3.63) is 56.9 Å². The molecule has 8 rings (SSSR count). The summed E-state index contributed by atoms with van der Waals surface area (Å²) in [5.41, 5.74) is 18.7. The van der Waals surface area contributed by atoms with Crippen molar-refractivity contribution in [3.8, 4) is 17.1 Å². The van der Waals surface area contributed by atoms with Gasteiger partial charge in [-0.1, -0.05) is 20.8 Å². The Kier molecular flexibility index (Phi) is 22.2. The summed E-state index contributed by atoms with van der Waals surface area (Å²) in [7, 11) is 0. The molecule has 2 saturated carbocycles. The number of nitrogens with two attached hydrogens (primary N) is 3. The first-order chi connectivity index (χ1) is 41.9. The Morgan fingerprint density at radius 1 is 0.875 bits per heavy atom. The number of fused-ring (bicyclic) bond motifs is 5. The third-order valence-corrected chi connectivity index (χ3v) is 20.1. The number of nitrogens with zero attached hydrogens (tertiary/aromatic N) is 4. The number of ketones is 3. The predicted molar refractivity (Wildman–Crippen MR) is 325 cm³/mol. The number of thioether (sulfide) groups is 1. The number of hydrogen-bond donors (Lipinski definition) is 8. The van der Waals surface area contributed by atoms with Crippen molar-refractivity contribution in [3.63, 3.8) is 0 Å². The zero-order chi connectivity index (χ0) is 63.7. The van der Waals surface area contributed by atoms with Gasteiger partial charge < -0.3 is 52.5 Å². The number of aliphatic hydroxyl groups is 2. The lowest BCUT2D eigenvalue weighted by Crippen LogP contribution is -2.46. The van der Waals surface area contributed by atoms with Crippen molar-refractivity contribution >= 4 is 87.4 Å². The average molecular weight is 1240 g/mol. The van der Waals surface area contributed by atoms with Gasteiger partial charge in [-0.2, -0.15) is 0 Å². The Morgan fingerprint density at radius 2 is 1.57 bits per heavy atom. The monoisotopic (exact) mass is 1240 g/mol. The second kappa shape index (κ2) is 29.3. The van der Waals surface area contributed by atoms with Crippen LogP contribution in [0.2, 0.25) is 0 Å². The molecule has 0 radical (unpaired) electrons. The van der Waals surface area contributed by atoms with Gasteiger partial charge in [-0.25, -0.2) is 4.98 Å². The SMILES string of the molecule is CCc1c2c(nc3ccc(OC(=O)C4CCC(CNC(=O)C5CCC(CN6C(=O)CC(SCC(CC(=O)C(CCCN=C(N)N)NC(=O)C(CO)CC(=O)C(C)CCC(N)=O)C(=O)O)C6=O)CC5)CC4)cc13)-c1cc3c(c(=O)n1C2)CCC(=O)[C@]3(O)CC. The van der Waals surface area contributed by atoms with Crippen molar-refractivity contribution in [1.82, 2.24) is 25.1 Å². The van der Waals surface area contributed by atoms with Crippen LogP contribution in [0.15, 0.2) is 34.1 Å². The number of ether oxygens (including phenoxy) is 1. The van der Waals surface area contributed by atoms with Gasteiger partial charge in [0, 0.05) is 91.4 Å². The Bertz CT molecular complexity index is 3310. The van der Waals surface area contributed by atoms with E-state index in [1.54, 1.807) is 36.6 Å². The predicted octanol–water partition coefficient (Wildman–Crippen LogP) is 3.26. The Hall–Kier alpha value is -7.38. The summed E-state index contributed by atoms with van der Waals surface area (Å²) in [6, 6.07) is 5.87. The summed E-state index contributed by atoms with van der Waals surface area (Å²) in [5.74, 6) is -8.88. The number of primary amides is 1. The fourth-order valence-electron chi connectivity index (χ4n) is 13.2. The Labute approximate surface area is 514 Å². The zero-order valence-electron chi connectivity index (χ0n) is 50.4. The molecule has 0 spiro atoms.